The van der Waals surface area contributed by atoms with E-state index in [1.165, 1.54) is 6.20 Å². The van der Waals surface area contributed by atoms with Crippen LogP contribution in [0.4, 0.5) is 5.69 Å². The van der Waals surface area contributed by atoms with Gasteiger partial charge in [-0.05, 0) is 32.0 Å². The van der Waals surface area contributed by atoms with Gasteiger partial charge in [0.15, 0.2) is 6.61 Å². The number of benzene rings is 1. The van der Waals surface area contributed by atoms with E-state index in [0.717, 1.165) is 0 Å². The van der Waals surface area contributed by atoms with Gasteiger partial charge in [0.05, 0.1) is 16.8 Å². The number of carbonyl (C=O) groups excluding carboxylic acids is 2. The number of anilines is 1. The van der Waals surface area contributed by atoms with Gasteiger partial charge in [0.25, 0.3) is 11.8 Å². The molecule has 1 aromatic carbocycles. The molecule has 2 rings (SSSR count). The van der Waals surface area contributed by atoms with Crippen molar-refractivity contribution < 1.29 is 14.3 Å². The normalized spacial score (nSPS) is 10.4. The van der Waals surface area contributed by atoms with Crippen molar-refractivity contribution in [1.29, 1.82) is 0 Å². The fraction of sp³-hybridized carbons (Fsp3) is 0.353. The number of amides is 2. The van der Waals surface area contributed by atoms with Crippen molar-refractivity contribution in [2.45, 2.75) is 13.8 Å². The highest BCUT2D eigenvalue weighted by Gasteiger charge is 2.13. The summed E-state index contributed by atoms with van der Waals surface area (Å²) in [7, 11) is 1.74. The molecule has 7 nitrogen and oxygen atoms in total. The van der Waals surface area contributed by atoms with Gasteiger partial charge in [-0.15, -0.1) is 0 Å². The molecule has 25 heavy (non-hydrogen) atoms. The van der Waals surface area contributed by atoms with Gasteiger partial charge >= 0.3 is 0 Å². The lowest BCUT2D eigenvalue weighted by atomic mass is 10.2. The van der Waals surface area contributed by atoms with Gasteiger partial charge < -0.3 is 15.0 Å². The van der Waals surface area contributed by atoms with Crippen LogP contribution in [0.15, 0.2) is 30.6 Å². The summed E-state index contributed by atoms with van der Waals surface area (Å²) in [6.45, 7) is 5.00. The summed E-state index contributed by atoms with van der Waals surface area (Å²) < 4.78 is 7.03. The van der Waals surface area contributed by atoms with Crippen molar-refractivity contribution in [3.63, 3.8) is 0 Å². The molecule has 2 amide bonds. The van der Waals surface area contributed by atoms with Crippen molar-refractivity contribution >= 4 is 29.1 Å². The van der Waals surface area contributed by atoms with Crippen molar-refractivity contribution in [3.05, 3.63) is 41.2 Å². The first-order valence-corrected chi connectivity index (χ1v) is 8.32. The average Bonchev–Trinajstić information content (AvgIpc) is 3.02. The highest BCUT2D eigenvalue weighted by atomic mass is 35.5. The second kappa shape index (κ2) is 8.53. The zero-order valence-corrected chi connectivity index (χ0v) is 15.2. The molecule has 1 aromatic heterocycles. The van der Waals surface area contributed by atoms with Crippen molar-refractivity contribution in [3.8, 4) is 5.75 Å². The number of rotatable bonds is 7. The Balaban J connectivity index is 1.98. The maximum Gasteiger partial charge on any atom is 0.260 e. The largest absolute Gasteiger partial charge is 0.482 e. The first-order valence-electron chi connectivity index (χ1n) is 7.94. The third kappa shape index (κ3) is 4.96. The smallest absolute Gasteiger partial charge is 0.260 e. The molecule has 0 bridgehead atoms. The maximum absolute atomic E-state index is 12.1. The molecule has 0 fully saturated rings. The monoisotopic (exact) mass is 364 g/mol. The molecule has 0 aliphatic carbocycles. The summed E-state index contributed by atoms with van der Waals surface area (Å²) in [5, 5.41) is 7.00. The van der Waals surface area contributed by atoms with Crippen LogP contribution >= 0.6 is 11.6 Å². The standard InChI is InChI=1S/C17H21ClN4O3/c1-4-22(5-2)16(23)11-25-15-7-6-13(8-14(15)18)20-17(24)12-9-19-21(3)10-12/h6-10H,4-5,11H2,1-3H3,(H,20,24). The molecule has 0 radical (unpaired) electrons. The minimum Gasteiger partial charge on any atom is -0.482 e. The minimum absolute atomic E-state index is 0.0806. The number of likely N-dealkylation sites (N-methyl/N-ethyl adjacent to an activating group) is 1. The first-order chi connectivity index (χ1) is 11.9. The van der Waals surface area contributed by atoms with Gasteiger partial charge in [-0.25, -0.2) is 0 Å². The van der Waals surface area contributed by atoms with E-state index < -0.39 is 0 Å². The van der Waals surface area contributed by atoms with Crippen LogP contribution in [0, 0.1) is 0 Å². The fourth-order valence-electron chi connectivity index (χ4n) is 2.24. The number of hydrogen-bond donors (Lipinski definition) is 1. The molecule has 8 heteroatoms. The lowest BCUT2D eigenvalue weighted by molar-refractivity contribution is -0.132. The predicted octanol–water partition coefficient (Wildman–Crippen LogP) is 2.57. The highest BCUT2D eigenvalue weighted by Crippen LogP contribution is 2.28. The summed E-state index contributed by atoms with van der Waals surface area (Å²) >= 11 is 6.18. The number of nitrogens with one attached hydrogen (secondary N) is 1. The number of aromatic nitrogens is 2. The second-order valence-corrected chi connectivity index (χ2v) is 5.76. The van der Waals surface area contributed by atoms with E-state index in [2.05, 4.69) is 10.4 Å². The zero-order chi connectivity index (χ0) is 18.4. The van der Waals surface area contributed by atoms with Crippen molar-refractivity contribution in [2.75, 3.05) is 25.0 Å². The number of nitrogens with zero attached hydrogens (tertiary/aromatic N) is 3. The molecular formula is C17H21ClN4O3. The Hall–Kier alpha value is -2.54. The SMILES string of the molecule is CCN(CC)C(=O)COc1ccc(NC(=O)c2cnn(C)c2)cc1Cl. The predicted molar refractivity (Wildman–Crippen MR) is 96.0 cm³/mol. The van der Waals surface area contributed by atoms with Crippen LogP contribution in [-0.2, 0) is 11.8 Å². The molecule has 1 heterocycles. The van der Waals surface area contributed by atoms with Crippen molar-refractivity contribution in [1.82, 2.24) is 14.7 Å². The maximum atomic E-state index is 12.1. The Labute approximate surface area is 151 Å². The van der Waals surface area contributed by atoms with E-state index in [1.54, 1.807) is 41.0 Å². The van der Waals surface area contributed by atoms with Crippen LogP contribution in [-0.4, -0.2) is 46.2 Å². The summed E-state index contributed by atoms with van der Waals surface area (Å²) in [6, 6.07) is 4.86. The lowest BCUT2D eigenvalue weighted by Gasteiger charge is -2.19. The third-order valence-corrected chi connectivity index (χ3v) is 3.92. The molecule has 2 aromatic rings. The van der Waals surface area contributed by atoms with E-state index >= 15 is 0 Å². The zero-order valence-electron chi connectivity index (χ0n) is 14.5. The van der Waals surface area contributed by atoms with E-state index in [4.69, 9.17) is 16.3 Å². The van der Waals surface area contributed by atoms with E-state index in [1.807, 2.05) is 13.8 Å². The van der Waals surface area contributed by atoms with Crippen LogP contribution in [0.1, 0.15) is 24.2 Å². The molecule has 0 saturated carbocycles. The second-order valence-electron chi connectivity index (χ2n) is 5.36. The van der Waals surface area contributed by atoms with Crippen LogP contribution in [0.2, 0.25) is 5.02 Å². The van der Waals surface area contributed by atoms with Gasteiger partial charge in [0.1, 0.15) is 5.75 Å². The van der Waals surface area contributed by atoms with Crippen LogP contribution in [0.25, 0.3) is 0 Å². The molecular weight excluding hydrogens is 344 g/mol. The Morgan fingerprint density at radius 2 is 2.04 bits per heavy atom. The number of hydrogen-bond acceptors (Lipinski definition) is 4. The Morgan fingerprint density at radius 3 is 2.60 bits per heavy atom. The van der Waals surface area contributed by atoms with E-state index in [-0.39, 0.29) is 18.4 Å². The van der Waals surface area contributed by atoms with Crippen LogP contribution in [0.3, 0.4) is 0 Å². The Bertz CT molecular complexity index is 756. The number of aryl methyl sites for hydroxylation is 1. The average molecular weight is 365 g/mol. The van der Waals surface area contributed by atoms with Crippen molar-refractivity contribution in [2.24, 2.45) is 7.05 Å². The van der Waals surface area contributed by atoms with E-state index in [0.29, 0.717) is 35.1 Å². The Morgan fingerprint density at radius 1 is 1.32 bits per heavy atom. The highest BCUT2D eigenvalue weighted by molar-refractivity contribution is 6.32. The number of halogens is 1. The summed E-state index contributed by atoms with van der Waals surface area (Å²) in [5.74, 6) is 0.00567. The fourth-order valence-corrected chi connectivity index (χ4v) is 2.48. The van der Waals surface area contributed by atoms with Crippen LogP contribution < -0.4 is 10.1 Å². The molecule has 0 aliphatic heterocycles. The molecule has 0 aliphatic rings. The van der Waals surface area contributed by atoms with Gasteiger partial charge in [-0.3, -0.25) is 14.3 Å². The molecule has 0 atom stereocenters. The van der Waals surface area contributed by atoms with Gasteiger partial charge in [0, 0.05) is 32.0 Å². The minimum atomic E-state index is -0.283. The summed E-state index contributed by atoms with van der Waals surface area (Å²) in [6.07, 6.45) is 3.10. The van der Waals surface area contributed by atoms with Gasteiger partial charge in [0.2, 0.25) is 0 Å². The van der Waals surface area contributed by atoms with Gasteiger partial charge in [-0.2, -0.15) is 5.10 Å². The molecule has 0 spiro atoms. The first kappa shape index (κ1) is 18.8. The molecule has 0 saturated heterocycles. The molecule has 1 N–H and O–H groups in total. The Kier molecular flexibility index (Phi) is 6.41. The summed E-state index contributed by atoms with van der Waals surface area (Å²) in [5.41, 5.74) is 0.977. The molecule has 0 unspecified atom stereocenters. The van der Waals surface area contributed by atoms with E-state index in [9.17, 15) is 9.59 Å². The molecule has 134 valence electrons. The number of carbonyl (C=O) groups is 2. The topological polar surface area (TPSA) is 76.5 Å². The van der Waals surface area contributed by atoms with Gasteiger partial charge in [-0.1, -0.05) is 11.6 Å². The summed E-state index contributed by atoms with van der Waals surface area (Å²) in [4.78, 5) is 25.7. The quantitative estimate of drug-likeness (QED) is 0.819. The number of ether oxygens (including phenoxy) is 1. The lowest BCUT2D eigenvalue weighted by Crippen LogP contribution is -2.34. The van der Waals surface area contributed by atoms with Crippen LogP contribution in [0.5, 0.6) is 5.75 Å². The third-order valence-electron chi connectivity index (χ3n) is 3.62.